The van der Waals surface area contributed by atoms with Gasteiger partial charge in [-0.05, 0) is 49.5 Å². The minimum absolute atomic E-state index is 0.00873. The lowest BCUT2D eigenvalue weighted by Gasteiger charge is -2.19. The van der Waals surface area contributed by atoms with Crippen molar-refractivity contribution in [3.63, 3.8) is 0 Å². The van der Waals surface area contributed by atoms with Gasteiger partial charge in [0.2, 0.25) is 0 Å². The molecule has 0 aromatic heterocycles. The van der Waals surface area contributed by atoms with Gasteiger partial charge in [0.25, 0.3) is 0 Å². The first-order chi connectivity index (χ1) is 16.1. The first kappa shape index (κ1) is 28.0. The number of carbonyl (C=O) groups excluding carboxylic acids is 1. The number of carbonyl (C=O) groups is 2. The number of thioether (sulfide) groups is 1. The number of aliphatic hydroxyl groups excluding tert-OH is 1. The molecule has 0 amide bonds. The molecule has 1 aromatic rings. The zero-order valence-corrected chi connectivity index (χ0v) is 19.9. The molecule has 2 N–H and O–H groups in total. The molecule has 1 aliphatic rings. The average Bonchev–Trinajstić information content (AvgIpc) is 3.13. The number of ketones is 1. The lowest BCUT2D eigenvalue weighted by Crippen LogP contribution is -2.24. The van der Waals surface area contributed by atoms with E-state index in [1.807, 2.05) is 19.1 Å². The number of aliphatic hydroxyl groups is 1. The molecule has 0 bridgehead atoms. The number of allylic oxidation sites excluding steroid dienone is 3. The van der Waals surface area contributed by atoms with Gasteiger partial charge in [-0.15, -0.1) is 0 Å². The molecule has 0 aliphatic heterocycles. The second-order valence-electron chi connectivity index (χ2n) is 8.30. The summed E-state index contributed by atoms with van der Waals surface area (Å²) in [5.41, 5.74) is -0.816. The number of hydrogen-bond donors (Lipinski definition) is 2. The number of rotatable bonds is 14. The van der Waals surface area contributed by atoms with Gasteiger partial charge in [-0.3, -0.25) is 9.59 Å². The number of halogens is 3. The second kappa shape index (κ2) is 13.6. The van der Waals surface area contributed by atoms with E-state index >= 15 is 0 Å². The molecule has 0 saturated heterocycles. The first-order valence-corrected chi connectivity index (χ1v) is 12.3. The summed E-state index contributed by atoms with van der Waals surface area (Å²) < 4.78 is 43.7. The van der Waals surface area contributed by atoms with Crippen molar-refractivity contribution in [3.8, 4) is 5.75 Å². The molecule has 4 unspecified atom stereocenters. The summed E-state index contributed by atoms with van der Waals surface area (Å²) in [4.78, 5) is 23.1. The maximum atomic E-state index is 12.8. The Hall–Kier alpha value is -2.26. The highest BCUT2D eigenvalue weighted by atomic mass is 32.2. The molecule has 1 aromatic carbocycles. The first-order valence-electron chi connectivity index (χ1n) is 11.3. The predicted octanol–water partition coefficient (Wildman–Crippen LogP) is 5.53. The third kappa shape index (κ3) is 9.54. The Bertz CT molecular complexity index is 868. The van der Waals surface area contributed by atoms with Crippen LogP contribution in [-0.4, -0.2) is 45.7 Å². The molecule has 9 heteroatoms. The van der Waals surface area contributed by atoms with E-state index in [1.165, 1.54) is 30.0 Å². The summed E-state index contributed by atoms with van der Waals surface area (Å²) >= 11 is 1.40. The van der Waals surface area contributed by atoms with Gasteiger partial charge in [-0.1, -0.05) is 37.6 Å². The van der Waals surface area contributed by atoms with E-state index in [0.29, 0.717) is 12.8 Å². The summed E-state index contributed by atoms with van der Waals surface area (Å²) in [6, 6.07) is 4.49. The quantitative estimate of drug-likeness (QED) is 0.327. The maximum Gasteiger partial charge on any atom is 0.416 e. The summed E-state index contributed by atoms with van der Waals surface area (Å²) in [7, 11) is 0. The van der Waals surface area contributed by atoms with Gasteiger partial charge in [0.1, 0.15) is 12.4 Å². The average molecular weight is 501 g/mol. The molecular formula is C25H31F3O5S. The molecule has 34 heavy (non-hydrogen) atoms. The maximum absolute atomic E-state index is 12.8. The number of hydrogen-bond acceptors (Lipinski definition) is 5. The fraction of sp³-hybridized carbons (Fsp3) is 0.520. The Morgan fingerprint density at radius 2 is 2.06 bits per heavy atom. The van der Waals surface area contributed by atoms with Crippen molar-refractivity contribution < 1.29 is 37.7 Å². The zero-order chi connectivity index (χ0) is 25.1. The van der Waals surface area contributed by atoms with Crippen LogP contribution < -0.4 is 4.74 Å². The summed E-state index contributed by atoms with van der Waals surface area (Å²) in [5, 5.41) is 19.0. The van der Waals surface area contributed by atoms with E-state index in [0.717, 1.165) is 25.0 Å². The van der Waals surface area contributed by atoms with Gasteiger partial charge in [0.15, 0.2) is 5.78 Å². The number of benzene rings is 1. The van der Waals surface area contributed by atoms with Gasteiger partial charge in [0.05, 0.1) is 11.7 Å². The lowest BCUT2D eigenvalue weighted by molar-refractivity contribution is -0.138. The van der Waals surface area contributed by atoms with E-state index in [2.05, 4.69) is 0 Å². The van der Waals surface area contributed by atoms with E-state index in [9.17, 15) is 27.9 Å². The molecule has 4 atom stereocenters. The standard InChI is InChI=1S/C25H31F3O5S/c1-2-5-17(10-13-24(31)32)6-3-9-21-22(30)11-12-23(21)34-16-19(29)15-33-20-8-4-7-18(14-20)25(26,27)28/h3-4,6-8,11-12,14,17,19,21,23,29H,2,5,9-10,13,15-16H2,1H3,(H,31,32)/b6-3-. The van der Waals surface area contributed by atoms with Gasteiger partial charge in [0, 0.05) is 23.3 Å². The SMILES string of the molecule is CCCC(/C=C\CC1C(=O)C=CC1SCC(O)COc1cccc(C(F)(F)F)c1)CCC(=O)O. The minimum Gasteiger partial charge on any atom is -0.491 e. The predicted molar refractivity (Wildman–Crippen MR) is 126 cm³/mol. The Balaban J connectivity index is 1.82. The number of aliphatic carboxylic acids is 1. The monoisotopic (exact) mass is 500 g/mol. The van der Waals surface area contributed by atoms with Crippen LogP contribution in [0.25, 0.3) is 0 Å². The van der Waals surface area contributed by atoms with E-state index in [4.69, 9.17) is 9.84 Å². The Kier molecular flexibility index (Phi) is 11.2. The highest BCUT2D eigenvalue weighted by Crippen LogP contribution is 2.32. The highest BCUT2D eigenvalue weighted by Gasteiger charge is 2.31. The van der Waals surface area contributed by atoms with Crippen LogP contribution in [0.15, 0.2) is 48.6 Å². The van der Waals surface area contributed by atoms with Gasteiger partial charge in [-0.25, -0.2) is 0 Å². The van der Waals surface area contributed by atoms with Crippen LogP contribution in [0.3, 0.4) is 0 Å². The molecule has 1 aliphatic carbocycles. The molecule has 5 nitrogen and oxygen atoms in total. The molecule has 0 fully saturated rings. The molecular weight excluding hydrogens is 469 g/mol. The highest BCUT2D eigenvalue weighted by molar-refractivity contribution is 8.00. The summed E-state index contributed by atoms with van der Waals surface area (Å²) in [5.74, 6) is -0.627. The van der Waals surface area contributed by atoms with Gasteiger partial charge >= 0.3 is 12.1 Å². The third-order valence-electron chi connectivity index (χ3n) is 5.48. The summed E-state index contributed by atoms with van der Waals surface area (Å²) in [6.45, 7) is 1.88. The lowest BCUT2D eigenvalue weighted by atomic mass is 9.95. The number of ether oxygens (including phenoxy) is 1. The van der Waals surface area contributed by atoms with Crippen LogP contribution in [0, 0.1) is 11.8 Å². The van der Waals surface area contributed by atoms with E-state index < -0.39 is 23.8 Å². The fourth-order valence-corrected chi connectivity index (χ4v) is 4.90. The number of alkyl halides is 3. The molecule has 0 heterocycles. The van der Waals surface area contributed by atoms with Crippen molar-refractivity contribution in [2.45, 2.75) is 56.6 Å². The molecule has 0 saturated carbocycles. The van der Waals surface area contributed by atoms with E-state index in [1.54, 1.807) is 6.08 Å². The topological polar surface area (TPSA) is 83.8 Å². The summed E-state index contributed by atoms with van der Waals surface area (Å²) in [6.07, 6.45) is 4.92. The molecule has 2 rings (SSSR count). The molecule has 0 radical (unpaired) electrons. The van der Waals surface area contributed by atoms with Gasteiger partial charge in [-0.2, -0.15) is 24.9 Å². The fourth-order valence-electron chi connectivity index (χ4n) is 3.69. The number of carboxylic acid groups (broad SMARTS) is 1. The Morgan fingerprint density at radius 3 is 2.74 bits per heavy atom. The second-order valence-corrected chi connectivity index (χ2v) is 9.51. The van der Waals surface area contributed by atoms with Crippen LogP contribution >= 0.6 is 11.8 Å². The van der Waals surface area contributed by atoms with Crippen molar-refractivity contribution in [2.24, 2.45) is 11.8 Å². The third-order valence-corrected chi connectivity index (χ3v) is 6.93. The Morgan fingerprint density at radius 1 is 1.29 bits per heavy atom. The number of carboxylic acids is 1. The minimum atomic E-state index is -4.47. The van der Waals surface area contributed by atoms with Gasteiger partial charge < -0.3 is 14.9 Å². The van der Waals surface area contributed by atoms with Crippen LogP contribution in [0.5, 0.6) is 5.75 Å². The zero-order valence-electron chi connectivity index (χ0n) is 19.0. The van der Waals surface area contributed by atoms with Crippen LogP contribution in [0.4, 0.5) is 13.2 Å². The molecule has 0 spiro atoms. The van der Waals surface area contributed by atoms with Crippen molar-refractivity contribution in [1.82, 2.24) is 0 Å². The smallest absolute Gasteiger partial charge is 0.416 e. The van der Waals surface area contributed by atoms with Crippen molar-refractivity contribution in [2.75, 3.05) is 12.4 Å². The normalized spacial score (nSPS) is 20.1. The van der Waals surface area contributed by atoms with Crippen LogP contribution in [0.2, 0.25) is 0 Å². The Labute approximate surface area is 202 Å². The van der Waals surface area contributed by atoms with Crippen molar-refractivity contribution >= 4 is 23.5 Å². The van der Waals surface area contributed by atoms with Crippen molar-refractivity contribution in [3.05, 3.63) is 54.1 Å². The van der Waals surface area contributed by atoms with E-state index in [-0.39, 0.29) is 47.4 Å². The molecule has 188 valence electrons. The largest absolute Gasteiger partial charge is 0.491 e. The van der Waals surface area contributed by atoms with Crippen molar-refractivity contribution in [1.29, 1.82) is 0 Å². The van der Waals surface area contributed by atoms with Crippen LogP contribution in [0.1, 0.15) is 44.6 Å². The van der Waals surface area contributed by atoms with Crippen LogP contribution in [-0.2, 0) is 15.8 Å².